The van der Waals surface area contributed by atoms with Crippen molar-refractivity contribution in [2.24, 2.45) is 5.18 Å². The van der Waals surface area contributed by atoms with Gasteiger partial charge in [-0.2, -0.15) is 5.26 Å². The first-order valence-electron chi connectivity index (χ1n) is 2.59. The number of hydrogen-bond acceptors (Lipinski definition) is 3. The van der Waals surface area contributed by atoms with Gasteiger partial charge in [0.15, 0.2) is 5.54 Å². The minimum absolute atomic E-state index is 0.660. The predicted molar refractivity (Wildman–Crippen MR) is 28.0 cm³/mol. The normalized spacial score (nSPS) is 22.9. The molecule has 0 amide bonds. The summed E-state index contributed by atoms with van der Waals surface area (Å²) in [6, 6.07) is 1.89. The van der Waals surface area contributed by atoms with Gasteiger partial charge in [0.1, 0.15) is 0 Å². The standard InChI is InChI=1S/C5H6N2O/c6-4-5(7-8)2-1-3-5/h1-3H2. The number of hydrogen-bond donors (Lipinski definition) is 0. The van der Waals surface area contributed by atoms with Crippen molar-refractivity contribution >= 4 is 0 Å². The molecule has 0 aromatic carbocycles. The van der Waals surface area contributed by atoms with Crippen LogP contribution in [-0.2, 0) is 0 Å². The molecule has 0 N–H and O–H groups in total. The first-order valence-corrected chi connectivity index (χ1v) is 2.59. The fourth-order valence-electron chi connectivity index (χ4n) is 0.735. The second kappa shape index (κ2) is 1.55. The topological polar surface area (TPSA) is 53.2 Å². The lowest BCUT2D eigenvalue weighted by Crippen LogP contribution is -2.31. The molecule has 1 saturated carbocycles. The molecule has 3 nitrogen and oxygen atoms in total. The van der Waals surface area contributed by atoms with Crippen molar-refractivity contribution in [3.05, 3.63) is 4.91 Å². The Balaban J connectivity index is 2.62. The highest BCUT2D eigenvalue weighted by Gasteiger charge is 2.38. The zero-order valence-electron chi connectivity index (χ0n) is 4.42. The van der Waals surface area contributed by atoms with Crippen LogP contribution in [0.5, 0.6) is 0 Å². The van der Waals surface area contributed by atoms with Crippen LogP contribution in [0.4, 0.5) is 0 Å². The molecule has 1 fully saturated rings. The lowest BCUT2D eigenvalue weighted by Gasteiger charge is -2.26. The van der Waals surface area contributed by atoms with Crippen molar-refractivity contribution in [2.45, 2.75) is 24.8 Å². The van der Waals surface area contributed by atoms with E-state index in [1.165, 1.54) is 0 Å². The van der Waals surface area contributed by atoms with Crippen molar-refractivity contribution in [3.63, 3.8) is 0 Å². The van der Waals surface area contributed by atoms with E-state index in [1.54, 1.807) is 0 Å². The van der Waals surface area contributed by atoms with Crippen molar-refractivity contribution in [1.29, 1.82) is 5.26 Å². The Morgan fingerprint density at radius 3 is 2.25 bits per heavy atom. The molecule has 0 bridgehead atoms. The monoisotopic (exact) mass is 110 g/mol. The lowest BCUT2D eigenvalue weighted by atomic mass is 9.79. The molecule has 0 spiro atoms. The number of rotatable bonds is 1. The second-order valence-corrected chi connectivity index (χ2v) is 2.09. The smallest absolute Gasteiger partial charge is 0.188 e. The average molecular weight is 110 g/mol. The molecule has 3 heteroatoms. The van der Waals surface area contributed by atoms with Crippen LogP contribution in [0.15, 0.2) is 5.18 Å². The predicted octanol–water partition coefficient (Wildman–Crippen LogP) is 1.20. The van der Waals surface area contributed by atoms with Crippen molar-refractivity contribution < 1.29 is 0 Å². The summed E-state index contributed by atoms with van der Waals surface area (Å²) < 4.78 is 0. The molecule has 1 aliphatic carbocycles. The van der Waals surface area contributed by atoms with Gasteiger partial charge in [0, 0.05) is 0 Å². The Labute approximate surface area is 47.3 Å². The van der Waals surface area contributed by atoms with Gasteiger partial charge in [0.25, 0.3) is 0 Å². The molecule has 0 unspecified atom stereocenters. The Morgan fingerprint density at radius 1 is 1.62 bits per heavy atom. The molecular formula is C5H6N2O. The Hall–Kier alpha value is -0.910. The Bertz CT molecular complexity index is 143. The first-order chi connectivity index (χ1) is 3.83. The zero-order chi connectivity index (χ0) is 6.04. The van der Waals surface area contributed by atoms with Gasteiger partial charge in [-0.15, -0.1) is 4.91 Å². The average Bonchev–Trinajstić information content (AvgIpc) is 1.67. The fraction of sp³-hybridized carbons (Fsp3) is 0.800. The van der Waals surface area contributed by atoms with Crippen LogP contribution >= 0.6 is 0 Å². The first kappa shape index (κ1) is 5.23. The number of nitroso groups, excluding NO2 is 1. The lowest BCUT2D eigenvalue weighted by molar-refractivity contribution is 0.327. The summed E-state index contributed by atoms with van der Waals surface area (Å²) in [4.78, 5) is 9.87. The minimum atomic E-state index is -0.819. The summed E-state index contributed by atoms with van der Waals surface area (Å²) in [5.74, 6) is 0. The molecule has 0 heterocycles. The van der Waals surface area contributed by atoms with Gasteiger partial charge in [0.05, 0.1) is 6.07 Å². The van der Waals surface area contributed by atoms with E-state index in [0.29, 0.717) is 12.8 Å². The molecule has 8 heavy (non-hydrogen) atoms. The molecule has 0 radical (unpaired) electrons. The maximum atomic E-state index is 9.87. The Morgan fingerprint density at radius 2 is 2.25 bits per heavy atom. The van der Waals surface area contributed by atoms with Crippen molar-refractivity contribution in [1.82, 2.24) is 0 Å². The van der Waals surface area contributed by atoms with E-state index in [9.17, 15) is 4.91 Å². The molecule has 0 aromatic rings. The van der Waals surface area contributed by atoms with Crippen molar-refractivity contribution in [2.75, 3.05) is 0 Å². The number of nitriles is 1. The quantitative estimate of drug-likeness (QED) is 0.476. The molecule has 0 saturated heterocycles. The summed E-state index contributed by atoms with van der Waals surface area (Å²) in [6.07, 6.45) is 2.29. The van der Waals surface area contributed by atoms with Gasteiger partial charge in [-0.25, -0.2) is 0 Å². The SMILES string of the molecule is N#CC1(N=O)CCC1. The third-order valence-corrected chi connectivity index (χ3v) is 1.56. The van der Waals surface area contributed by atoms with Gasteiger partial charge in [0.2, 0.25) is 0 Å². The zero-order valence-corrected chi connectivity index (χ0v) is 4.42. The van der Waals surface area contributed by atoms with E-state index in [4.69, 9.17) is 5.26 Å². The van der Waals surface area contributed by atoms with Crippen LogP contribution < -0.4 is 0 Å². The largest absolute Gasteiger partial charge is 0.195 e. The van der Waals surface area contributed by atoms with Crippen molar-refractivity contribution in [3.8, 4) is 6.07 Å². The summed E-state index contributed by atoms with van der Waals surface area (Å²) in [7, 11) is 0. The van der Waals surface area contributed by atoms with Crippen LogP contribution in [0.2, 0.25) is 0 Å². The highest BCUT2D eigenvalue weighted by molar-refractivity contribution is 5.12. The van der Waals surface area contributed by atoms with E-state index >= 15 is 0 Å². The number of nitrogens with zero attached hydrogens (tertiary/aromatic N) is 2. The summed E-state index contributed by atoms with van der Waals surface area (Å²) in [5, 5.41) is 11.0. The highest BCUT2D eigenvalue weighted by Crippen LogP contribution is 2.34. The van der Waals surface area contributed by atoms with Crippen LogP contribution in [0.1, 0.15) is 19.3 Å². The van der Waals surface area contributed by atoms with Gasteiger partial charge in [-0.3, -0.25) is 0 Å². The molecule has 0 aromatic heterocycles. The van der Waals surface area contributed by atoms with Gasteiger partial charge >= 0.3 is 0 Å². The molecular weight excluding hydrogens is 104 g/mol. The van der Waals surface area contributed by atoms with E-state index in [0.717, 1.165) is 6.42 Å². The molecule has 1 aliphatic rings. The third-order valence-electron chi connectivity index (χ3n) is 1.56. The maximum Gasteiger partial charge on any atom is 0.188 e. The summed E-state index contributed by atoms with van der Waals surface area (Å²) >= 11 is 0. The molecule has 1 rings (SSSR count). The molecule has 42 valence electrons. The van der Waals surface area contributed by atoms with E-state index in [2.05, 4.69) is 5.18 Å². The summed E-state index contributed by atoms with van der Waals surface area (Å²) in [5.41, 5.74) is -0.819. The highest BCUT2D eigenvalue weighted by atomic mass is 16.3. The van der Waals surface area contributed by atoms with Crippen LogP contribution in [-0.4, -0.2) is 5.54 Å². The van der Waals surface area contributed by atoms with Crippen LogP contribution in [0.25, 0.3) is 0 Å². The molecule has 0 aliphatic heterocycles. The van der Waals surface area contributed by atoms with E-state index in [-0.39, 0.29) is 0 Å². The van der Waals surface area contributed by atoms with Gasteiger partial charge in [-0.05, 0) is 24.4 Å². The fourth-order valence-corrected chi connectivity index (χ4v) is 0.735. The summed E-state index contributed by atoms with van der Waals surface area (Å²) in [6.45, 7) is 0. The third kappa shape index (κ3) is 0.497. The van der Waals surface area contributed by atoms with E-state index < -0.39 is 5.54 Å². The minimum Gasteiger partial charge on any atom is -0.195 e. The molecule has 0 atom stereocenters. The van der Waals surface area contributed by atoms with Gasteiger partial charge in [-0.1, -0.05) is 0 Å². The Kier molecular flexibility index (Phi) is 1.01. The van der Waals surface area contributed by atoms with Crippen LogP contribution in [0.3, 0.4) is 0 Å². The van der Waals surface area contributed by atoms with Gasteiger partial charge < -0.3 is 0 Å². The van der Waals surface area contributed by atoms with Crippen LogP contribution in [0, 0.1) is 16.2 Å². The second-order valence-electron chi connectivity index (χ2n) is 2.09. The van der Waals surface area contributed by atoms with E-state index in [1.807, 2.05) is 6.07 Å². The maximum absolute atomic E-state index is 9.87.